The first kappa shape index (κ1) is 13.5. The molecule has 0 aliphatic rings. The van der Waals surface area contributed by atoms with Crippen molar-refractivity contribution < 1.29 is 5.11 Å². The molecule has 2 heterocycles. The lowest BCUT2D eigenvalue weighted by atomic mass is 10.2. The summed E-state index contributed by atoms with van der Waals surface area (Å²) in [4.78, 5) is 24.1. The highest BCUT2D eigenvalue weighted by molar-refractivity contribution is 5.67. The Hall–Kier alpha value is -1.96. The zero-order valence-electron chi connectivity index (χ0n) is 11.0. The molecule has 0 aliphatic carbocycles. The van der Waals surface area contributed by atoms with Crippen LogP contribution in [0.4, 0.5) is 0 Å². The molecule has 2 rings (SSSR count). The number of nitrogens with one attached hydrogen (secondary N) is 1. The van der Waals surface area contributed by atoms with Gasteiger partial charge in [0.15, 0.2) is 11.2 Å². The number of fused-ring (bicyclic) bond motifs is 1. The van der Waals surface area contributed by atoms with Gasteiger partial charge in [-0.3, -0.25) is 13.9 Å². The molecule has 0 spiro atoms. The number of H-pyrrole nitrogens is 1. The number of aromatic nitrogens is 5. The van der Waals surface area contributed by atoms with Crippen LogP contribution < -0.4 is 11.2 Å². The summed E-state index contributed by atoms with van der Waals surface area (Å²) in [6.45, 7) is 2.04. The van der Waals surface area contributed by atoms with E-state index >= 15 is 0 Å². The van der Waals surface area contributed by atoms with Crippen molar-refractivity contribution in [1.82, 2.24) is 24.5 Å². The minimum atomic E-state index is -0.427. The Kier molecular flexibility index (Phi) is 3.79. The van der Waals surface area contributed by atoms with Gasteiger partial charge in [0.2, 0.25) is 0 Å². The lowest BCUT2D eigenvalue weighted by molar-refractivity contribution is 0.180. The maximum atomic E-state index is 12.1. The van der Waals surface area contributed by atoms with Crippen molar-refractivity contribution in [2.45, 2.75) is 38.8 Å². The van der Waals surface area contributed by atoms with E-state index in [1.165, 1.54) is 4.57 Å². The van der Waals surface area contributed by atoms with Crippen molar-refractivity contribution in [3.8, 4) is 0 Å². The van der Waals surface area contributed by atoms with E-state index in [9.17, 15) is 9.59 Å². The quantitative estimate of drug-likeness (QED) is 0.701. The van der Waals surface area contributed by atoms with Gasteiger partial charge in [-0.05, 0) is 26.2 Å². The molecule has 0 saturated heterocycles. The van der Waals surface area contributed by atoms with Gasteiger partial charge in [-0.25, -0.2) is 4.79 Å². The first-order valence-electron chi connectivity index (χ1n) is 6.20. The fourth-order valence-corrected chi connectivity index (χ4v) is 2.00. The van der Waals surface area contributed by atoms with Crippen LogP contribution in [0, 0.1) is 0 Å². The third-order valence-electron chi connectivity index (χ3n) is 3.07. The molecular weight excluding hydrogens is 250 g/mol. The van der Waals surface area contributed by atoms with Crippen LogP contribution in [0.2, 0.25) is 0 Å². The summed E-state index contributed by atoms with van der Waals surface area (Å²) in [5, 5.41) is 19.1. The molecule has 2 aromatic heterocycles. The van der Waals surface area contributed by atoms with Crippen LogP contribution in [0.25, 0.3) is 11.2 Å². The molecule has 8 nitrogen and oxygen atoms in total. The van der Waals surface area contributed by atoms with Crippen LogP contribution in [0.1, 0.15) is 26.2 Å². The molecule has 0 aromatic carbocycles. The summed E-state index contributed by atoms with van der Waals surface area (Å²) >= 11 is 0. The van der Waals surface area contributed by atoms with Gasteiger partial charge < -0.3 is 5.11 Å². The fourth-order valence-electron chi connectivity index (χ4n) is 2.00. The first-order valence-corrected chi connectivity index (χ1v) is 6.20. The molecule has 19 heavy (non-hydrogen) atoms. The number of nitrogens with zero attached hydrogens (tertiary/aromatic N) is 4. The van der Waals surface area contributed by atoms with Gasteiger partial charge >= 0.3 is 5.69 Å². The number of unbranched alkanes of at least 4 members (excludes halogenated alkanes) is 1. The predicted molar refractivity (Wildman–Crippen MR) is 68.9 cm³/mol. The standard InChI is InChI=1S/C11H17N5O3/c1-7(17)5-3-4-6-16-10(18)8-9(13-14-12-8)15(2)11(16)19/h7,17H,3-6H2,1-2H3,(H,12,13,14). The summed E-state index contributed by atoms with van der Waals surface area (Å²) in [5.74, 6) is 0. The van der Waals surface area contributed by atoms with E-state index in [2.05, 4.69) is 15.4 Å². The summed E-state index contributed by atoms with van der Waals surface area (Å²) in [7, 11) is 1.55. The molecule has 1 unspecified atom stereocenters. The summed E-state index contributed by atoms with van der Waals surface area (Å²) in [6, 6.07) is 0. The van der Waals surface area contributed by atoms with E-state index in [0.717, 1.165) is 11.0 Å². The van der Waals surface area contributed by atoms with Crippen LogP contribution in [0.15, 0.2) is 9.59 Å². The lowest BCUT2D eigenvalue weighted by Crippen LogP contribution is -2.39. The van der Waals surface area contributed by atoms with Crippen molar-refractivity contribution in [2.75, 3.05) is 0 Å². The second-order valence-electron chi connectivity index (χ2n) is 4.64. The van der Waals surface area contributed by atoms with E-state index < -0.39 is 11.2 Å². The van der Waals surface area contributed by atoms with Gasteiger partial charge in [0, 0.05) is 13.6 Å². The van der Waals surface area contributed by atoms with Crippen LogP contribution in [0.5, 0.6) is 0 Å². The Balaban J connectivity index is 2.28. The molecule has 1 atom stereocenters. The summed E-state index contributed by atoms with van der Waals surface area (Å²) in [5.41, 5.74) is -0.403. The molecule has 104 valence electrons. The molecule has 0 aliphatic heterocycles. The smallest absolute Gasteiger partial charge is 0.332 e. The highest BCUT2D eigenvalue weighted by Gasteiger charge is 2.13. The Morgan fingerprint density at radius 1 is 1.32 bits per heavy atom. The average molecular weight is 267 g/mol. The van der Waals surface area contributed by atoms with E-state index in [1.54, 1.807) is 14.0 Å². The van der Waals surface area contributed by atoms with Gasteiger partial charge in [-0.1, -0.05) is 0 Å². The predicted octanol–water partition coefficient (Wildman–Crippen LogP) is -0.631. The Labute approximate surface area is 108 Å². The highest BCUT2D eigenvalue weighted by atomic mass is 16.3. The van der Waals surface area contributed by atoms with Crippen molar-refractivity contribution in [1.29, 1.82) is 0 Å². The number of hydrogen-bond acceptors (Lipinski definition) is 5. The van der Waals surface area contributed by atoms with Crippen molar-refractivity contribution >= 4 is 11.2 Å². The van der Waals surface area contributed by atoms with Gasteiger partial charge in [-0.15, -0.1) is 10.2 Å². The maximum Gasteiger partial charge on any atom is 0.332 e. The molecule has 8 heteroatoms. The Morgan fingerprint density at radius 2 is 2.05 bits per heavy atom. The number of aliphatic hydroxyl groups is 1. The summed E-state index contributed by atoms with van der Waals surface area (Å²) < 4.78 is 2.46. The molecule has 2 aromatic rings. The first-order chi connectivity index (χ1) is 9.02. The normalized spacial score (nSPS) is 13.0. The largest absolute Gasteiger partial charge is 0.393 e. The van der Waals surface area contributed by atoms with Gasteiger partial charge in [0.25, 0.3) is 5.56 Å². The third-order valence-corrected chi connectivity index (χ3v) is 3.07. The molecular formula is C11H17N5O3. The minimum absolute atomic E-state index is 0.164. The SMILES string of the molecule is CC(O)CCCCn1c(=O)c2n[nH]nc2n(C)c1=O. The fraction of sp³-hybridized carbons (Fsp3) is 0.636. The molecule has 0 saturated carbocycles. The van der Waals surface area contributed by atoms with Crippen molar-refractivity contribution in [3.05, 3.63) is 20.8 Å². The second kappa shape index (κ2) is 5.35. The van der Waals surface area contributed by atoms with E-state index in [0.29, 0.717) is 19.4 Å². The van der Waals surface area contributed by atoms with E-state index in [4.69, 9.17) is 5.11 Å². The van der Waals surface area contributed by atoms with Crippen LogP contribution in [0.3, 0.4) is 0 Å². The summed E-state index contributed by atoms with van der Waals surface area (Å²) in [6.07, 6.45) is 1.70. The van der Waals surface area contributed by atoms with E-state index in [1.807, 2.05) is 0 Å². The van der Waals surface area contributed by atoms with Crippen LogP contribution >= 0.6 is 0 Å². The molecule has 0 bridgehead atoms. The maximum absolute atomic E-state index is 12.1. The zero-order chi connectivity index (χ0) is 14.0. The number of aromatic amines is 1. The number of hydrogen-bond donors (Lipinski definition) is 2. The van der Waals surface area contributed by atoms with E-state index in [-0.39, 0.29) is 17.3 Å². The van der Waals surface area contributed by atoms with Gasteiger partial charge in [-0.2, -0.15) is 5.21 Å². The van der Waals surface area contributed by atoms with Crippen molar-refractivity contribution in [2.24, 2.45) is 7.05 Å². The monoisotopic (exact) mass is 267 g/mol. The number of aliphatic hydroxyl groups excluding tert-OH is 1. The topological polar surface area (TPSA) is 106 Å². The minimum Gasteiger partial charge on any atom is -0.393 e. The van der Waals surface area contributed by atoms with Crippen molar-refractivity contribution in [3.63, 3.8) is 0 Å². The second-order valence-corrected chi connectivity index (χ2v) is 4.64. The third kappa shape index (κ3) is 2.58. The Morgan fingerprint density at radius 3 is 2.74 bits per heavy atom. The Bertz CT molecular complexity index is 682. The van der Waals surface area contributed by atoms with Gasteiger partial charge in [0.1, 0.15) is 0 Å². The lowest BCUT2D eigenvalue weighted by Gasteiger charge is -2.07. The molecule has 0 amide bonds. The van der Waals surface area contributed by atoms with Crippen LogP contribution in [-0.4, -0.2) is 35.8 Å². The number of aryl methyl sites for hydroxylation is 1. The number of rotatable bonds is 5. The molecule has 0 radical (unpaired) electrons. The zero-order valence-corrected chi connectivity index (χ0v) is 11.0. The molecule has 0 fully saturated rings. The van der Waals surface area contributed by atoms with Crippen LogP contribution in [-0.2, 0) is 13.6 Å². The highest BCUT2D eigenvalue weighted by Crippen LogP contribution is 2.02. The average Bonchev–Trinajstić information content (AvgIpc) is 2.84. The molecule has 2 N–H and O–H groups in total. The van der Waals surface area contributed by atoms with Gasteiger partial charge in [0.05, 0.1) is 6.10 Å².